The number of hydrogen-bond donors (Lipinski definition) is 2. The summed E-state index contributed by atoms with van der Waals surface area (Å²) in [6, 6.07) is 17.4. The maximum absolute atomic E-state index is 5.83. The van der Waals surface area contributed by atoms with Crippen LogP contribution in [0.15, 0.2) is 54.6 Å². The average Bonchev–Trinajstić information content (AvgIpc) is 2.54. The third-order valence-corrected chi connectivity index (χ3v) is 3.09. The molecule has 0 aliphatic carbocycles. The van der Waals surface area contributed by atoms with E-state index in [-0.39, 0.29) is 11.8 Å². The average molecular weight is 293 g/mol. The molecule has 1 heterocycles. The predicted octanol–water partition coefficient (Wildman–Crippen LogP) is 2.28. The fraction of sp³-hybridized carbons (Fsp3) is 0.0625. The van der Waals surface area contributed by atoms with E-state index in [0.717, 1.165) is 16.9 Å². The quantitative estimate of drug-likeness (QED) is 0.765. The molecule has 1 aromatic heterocycles. The van der Waals surface area contributed by atoms with Crippen LogP contribution < -0.4 is 16.2 Å². The summed E-state index contributed by atoms with van der Waals surface area (Å²) in [5.74, 6) is 1.02. The Bertz CT molecular complexity index is 776. The standard InChI is InChI=1S/C16H15N5O/c17-15-14(20-21-16(18)19-15)12-7-4-8-13(9-12)22-10-11-5-2-1-3-6-11/h1-9H,10H2,(H4,17,18,19,21). The van der Waals surface area contributed by atoms with Gasteiger partial charge in [0.2, 0.25) is 5.95 Å². The largest absolute Gasteiger partial charge is 0.489 e. The second-order valence-electron chi connectivity index (χ2n) is 4.71. The summed E-state index contributed by atoms with van der Waals surface area (Å²) >= 11 is 0. The molecule has 0 bridgehead atoms. The Kier molecular flexibility index (Phi) is 3.82. The van der Waals surface area contributed by atoms with Crippen LogP contribution in [0.2, 0.25) is 0 Å². The van der Waals surface area contributed by atoms with Crippen molar-refractivity contribution in [1.29, 1.82) is 0 Å². The lowest BCUT2D eigenvalue weighted by Crippen LogP contribution is -2.04. The van der Waals surface area contributed by atoms with Crippen molar-refractivity contribution in [2.75, 3.05) is 11.5 Å². The minimum Gasteiger partial charge on any atom is -0.489 e. The van der Waals surface area contributed by atoms with Crippen LogP contribution in [-0.2, 0) is 6.61 Å². The van der Waals surface area contributed by atoms with Gasteiger partial charge in [-0.1, -0.05) is 42.5 Å². The van der Waals surface area contributed by atoms with E-state index in [1.165, 1.54) is 0 Å². The van der Waals surface area contributed by atoms with Crippen molar-refractivity contribution in [2.45, 2.75) is 6.61 Å². The molecular formula is C16H15N5O. The highest BCUT2D eigenvalue weighted by Gasteiger charge is 2.08. The molecule has 0 amide bonds. The van der Waals surface area contributed by atoms with Gasteiger partial charge < -0.3 is 16.2 Å². The van der Waals surface area contributed by atoms with Crippen molar-refractivity contribution >= 4 is 11.8 Å². The first kappa shape index (κ1) is 13.8. The number of rotatable bonds is 4. The van der Waals surface area contributed by atoms with E-state index < -0.39 is 0 Å². The summed E-state index contributed by atoms with van der Waals surface area (Å²) in [6.45, 7) is 0.492. The molecule has 3 rings (SSSR count). The van der Waals surface area contributed by atoms with Gasteiger partial charge in [0, 0.05) is 5.56 Å². The second kappa shape index (κ2) is 6.09. The zero-order valence-corrected chi connectivity index (χ0v) is 11.8. The molecule has 110 valence electrons. The first-order chi connectivity index (χ1) is 10.7. The van der Waals surface area contributed by atoms with Gasteiger partial charge in [0.1, 0.15) is 18.1 Å². The summed E-state index contributed by atoms with van der Waals surface area (Å²) in [6.07, 6.45) is 0. The maximum atomic E-state index is 5.83. The van der Waals surface area contributed by atoms with E-state index in [4.69, 9.17) is 16.2 Å². The Hall–Kier alpha value is -3.15. The topological polar surface area (TPSA) is 99.9 Å². The highest BCUT2D eigenvalue weighted by Crippen LogP contribution is 2.25. The summed E-state index contributed by atoms with van der Waals surface area (Å²) < 4.78 is 5.78. The molecule has 3 aromatic rings. The summed E-state index contributed by atoms with van der Waals surface area (Å²) in [5, 5.41) is 7.72. The SMILES string of the molecule is Nc1nnc(-c2cccc(OCc3ccccc3)c2)c(N)n1. The number of benzene rings is 2. The molecule has 6 heteroatoms. The fourth-order valence-corrected chi connectivity index (χ4v) is 2.03. The first-order valence-corrected chi connectivity index (χ1v) is 6.75. The molecule has 0 aliphatic heterocycles. The van der Waals surface area contributed by atoms with Gasteiger partial charge in [-0.15, -0.1) is 10.2 Å². The Morgan fingerprint density at radius 1 is 0.909 bits per heavy atom. The molecular weight excluding hydrogens is 278 g/mol. The third-order valence-electron chi connectivity index (χ3n) is 3.09. The number of anilines is 2. The molecule has 4 N–H and O–H groups in total. The van der Waals surface area contributed by atoms with Crippen LogP contribution in [0.1, 0.15) is 5.56 Å². The lowest BCUT2D eigenvalue weighted by Gasteiger charge is -2.08. The smallest absolute Gasteiger partial charge is 0.242 e. The van der Waals surface area contributed by atoms with Crippen LogP contribution in [0, 0.1) is 0 Å². The number of ether oxygens (including phenoxy) is 1. The van der Waals surface area contributed by atoms with Crippen molar-refractivity contribution in [1.82, 2.24) is 15.2 Å². The van der Waals surface area contributed by atoms with Gasteiger partial charge in [-0.05, 0) is 17.7 Å². The van der Waals surface area contributed by atoms with Crippen molar-refractivity contribution in [3.8, 4) is 17.0 Å². The number of hydrogen-bond acceptors (Lipinski definition) is 6. The van der Waals surface area contributed by atoms with Crippen molar-refractivity contribution in [2.24, 2.45) is 0 Å². The van der Waals surface area contributed by atoms with Gasteiger partial charge in [-0.25, -0.2) is 0 Å². The molecule has 6 nitrogen and oxygen atoms in total. The zero-order valence-electron chi connectivity index (χ0n) is 11.8. The van der Waals surface area contributed by atoms with Gasteiger partial charge >= 0.3 is 0 Å². The number of aromatic nitrogens is 3. The molecule has 0 spiro atoms. The lowest BCUT2D eigenvalue weighted by molar-refractivity contribution is 0.306. The highest BCUT2D eigenvalue weighted by molar-refractivity contribution is 5.70. The molecule has 0 radical (unpaired) electrons. The highest BCUT2D eigenvalue weighted by atomic mass is 16.5. The van der Waals surface area contributed by atoms with E-state index in [2.05, 4.69) is 15.2 Å². The van der Waals surface area contributed by atoms with Crippen LogP contribution in [0.5, 0.6) is 5.75 Å². The predicted molar refractivity (Wildman–Crippen MR) is 84.9 cm³/mol. The molecule has 0 atom stereocenters. The third kappa shape index (κ3) is 3.12. The molecule has 0 saturated carbocycles. The second-order valence-corrected chi connectivity index (χ2v) is 4.71. The van der Waals surface area contributed by atoms with Gasteiger partial charge in [0.25, 0.3) is 0 Å². The summed E-state index contributed by atoms with van der Waals surface area (Å²) in [5.41, 5.74) is 13.7. The molecule has 0 unspecified atom stereocenters. The Morgan fingerprint density at radius 2 is 1.73 bits per heavy atom. The van der Waals surface area contributed by atoms with E-state index >= 15 is 0 Å². The maximum Gasteiger partial charge on any atom is 0.242 e. The Morgan fingerprint density at radius 3 is 2.50 bits per heavy atom. The Labute approximate surface area is 127 Å². The van der Waals surface area contributed by atoms with Crippen molar-refractivity contribution < 1.29 is 4.74 Å². The van der Waals surface area contributed by atoms with Gasteiger partial charge in [-0.3, -0.25) is 0 Å². The summed E-state index contributed by atoms with van der Waals surface area (Å²) in [4.78, 5) is 3.91. The van der Waals surface area contributed by atoms with E-state index in [0.29, 0.717) is 12.3 Å². The van der Waals surface area contributed by atoms with Crippen LogP contribution in [-0.4, -0.2) is 15.2 Å². The molecule has 22 heavy (non-hydrogen) atoms. The molecule has 0 aliphatic rings. The number of nitrogens with two attached hydrogens (primary N) is 2. The Balaban J connectivity index is 1.80. The van der Waals surface area contributed by atoms with Crippen LogP contribution in [0.4, 0.5) is 11.8 Å². The first-order valence-electron chi connectivity index (χ1n) is 6.75. The summed E-state index contributed by atoms with van der Waals surface area (Å²) in [7, 11) is 0. The normalized spacial score (nSPS) is 10.4. The zero-order chi connectivity index (χ0) is 15.4. The minimum absolute atomic E-state index is 0.0535. The fourth-order valence-electron chi connectivity index (χ4n) is 2.03. The van der Waals surface area contributed by atoms with Crippen LogP contribution in [0.25, 0.3) is 11.3 Å². The van der Waals surface area contributed by atoms with E-state index in [9.17, 15) is 0 Å². The van der Waals surface area contributed by atoms with Crippen molar-refractivity contribution in [3.05, 3.63) is 60.2 Å². The molecule has 0 saturated heterocycles. The number of nitrogen functional groups attached to an aromatic ring is 2. The van der Waals surface area contributed by atoms with Crippen molar-refractivity contribution in [3.63, 3.8) is 0 Å². The van der Waals surface area contributed by atoms with Gasteiger partial charge in [-0.2, -0.15) is 4.98 Å². The van der Waals surface area contributed by atoms with Gasteiger partial charge in [0.05, 0.1) is 0 Å². The molecule has 0 fully saturated rings. The van der Waals surface area contributed by atoms with Crippen LogP contribution >= 0.6 is 0 Å². The monoisotopic (exact) mass is 293 g/mol. The number of nitrogens with zero attached hydrogens (tertiary/aromatic N) is 3. The lowest BCUT2D eigenvalue weighted by atomic mass is 10.1. The van der Waals surface area contributed by atoms with E-state index in [1.807, 2.05) is 54.6 Å². The molecule has 2 aromatic carbocycles. The minimum atomic E-state index is 0.0535. The van der Waals surface area contributed by atoms with Crippen LogP contribution in [0.3, 0.4) is 0 Å². The van der Waals surface area contributed by atoms with Gasteiger partial charge in [0.15, 0.2) is 5.82 Å². The van der Waals surface area contributed by atoms with E-state index in [1.54, 1.807) is 0 Å².